The molecule has 1 heterocycles. The van der Waals surface area contributed by atoms with E-state index in [9.17, 15) is 9.59 Å². The summed E-state index contributed by atoms with van der Waals surface area (Å²) in [6.45, 7) is 3.38. The van der Waals surface area contributed by atoms with Crippen LogP contribution in [0, 0.1) is 0 Å². The molecule has 0 atom stereocenters. The Morgan fingerprint density at radius 1 is 0.867 bits per heavy atom. The van der Waals surface area contributed by atoms with Crippen LogP contribution in [-0.4, -0.2) is 36.5 Å². The van der Waals surface area contributed by atoms with Crippen molar-refractivity contribution >= 4 is 33.8 Å². The van der Waals surface area contributed by atoms with Crippen molar-refractivity contribution in [1.82, 2.24) is 4.90 Å². The van der Waals surface area contributed by atoms with Gasteiger partial charge in [0.2, 0.25) is 0 Å². The number of hydrogen-bond donors (Lipinski definition) is 1. The van der Waals surface area contributed by atoms with Gasteiger partial charge >= 0.3 is 0 Å². The summed E-state index contributed by atoms with van der Waals surface area (Å²) in [7, 11) is 0. The van der Waals surface area contributed by atoms with Crippen molar-refractivity contribution in [1.29, 1.82) is 0 Å². The molecule has 152 valence electrons. The molecule has 30 heavy (non-hydrogen) atoms. The number of carbonyl (C=O) groups is 2. The van der Waals surface area contributed by atoms with Crippen molar-refractivity contribution in [3.05, 3.63) is 84.1 Å². The van der Waals surface area contributed by atoms with Crippen LogP contribution < -0.4 is 5.32 Å². The first kappa shape index (κ1) is 19.9. The van der Waals surface area contributed by atoms with Gasteiger partial charge in [-0.3, -0.25) is 14.5 Å². The Balaban J connectivity index is 1.72. The second kappa shape index (κ2) is 8.93. The fourth-order valence-corrected chi connectivity index (χ4v) is 3.71. The van der Waals surface area contributed by atoms with Gasteiger partial charge in [-0.25, -0.2) is 0 Å². The average molecular weight is 400 g/mol. The molecule has 5 heteroatoms. The monoisotopic (exact) mass is 400 g/mol. The Hall–Kier alpha value is -3.44. The Kier molecular flexibility index (Phi) is 5.91. The summed E-state index contributed by atoms with van der Waals surface area (Å²) in [6.07, 6.45) is 0.606. The molecule has 3 aromatic carbocycles. The molecule has 5 nitrogen and oxygen atoms in total. The normalized spacial score (nSPS) is 14.1. The van der Waals surface area contributed by atoms with Crippen LogP contribution in [0.2, 0.25) is 0 Å². The molecule has 2 amide bonds. The van der Waals surface area contributed by atoms with Gasteiger partial charge in [-0.2, -0.15) is 0 Å². The number of rotatable bonds is 8. The van der Waals surface area contributed by atoms with Crippen LogP contribution in [0.4, 0.5) is 5.69 Å². The van der Waals surface area contributed by atoms with Crippen LogP contribution in [0.3, 0.4) is 0 Å². The standard InChI is InChI=1S/C25H24N2O3/c1-2-30-17-9-16-27-24(28)22(19-11-4-3-5-12-19)23(25(27)29)26-21-15-8-13-18-10-6-7-14-20(18)21/h3-8,10-15,26H,2,9,16-17H2,1H3. The number of ether oxygens (including phenoxy) is 1. The molecule has 1 aliphatic rings. The molecule has 0 fully saturated rings. The van der Waals surface area contributed by atoms with Gasteiger partial charge in [0, 0.05) is 30.8 Å². The maximum absolute atomic E-state index is 13.2. The molecule has 1 N–H and O–H groups in total. The molecule has 4 rings (SSSR count). The van der Waals surface area contributed by atoms with Crippen LogP contribution in [0.5, 0.6) is 0 Å². The lowest BCUT2D eigenvalue weighted by atomic mass is 10.0. The third-order valence-electron chi connectivity index (χ3n) is 5.15. The van der Waals surface area contributed by atoms with Crippen molar-refractivity contribution < 1.29 is 14.3 Å². The SMILES string of the molecule is CCOCCCN1C(=O)C(Nc2cccc3ccccc23)=C(c2ccccc2)C1=O. The van der Waals surface area contributed by atoms with Crippen LogP contribution in [0.15, 0.2) is 78.5 Å². The molecule has 0 radical (unpaired) electrons. The number of anilines is 1. The van der Waals surface area contributed by atoms with E-state index >= 15 is 0 Å². The topological polar surface area (TPSA) is 58.6 Å². The molecule has 3 aromatic rings. The van der Waals surface area contributed by atoms with Crippen LogP contribution in [-0.2, 0) is 14.3 Å². The molecule has 0 aliphatic carbocycles. The number of carbonyl (C=O) groups excluding carboxylic acids is 2. The third-order valence-corrected chi connectivity index (χ3v) is 5.15. The van der Waals surface area contributed by atoms with Gasteiger partial charge in [0.25, 0.3) is 11.8 Å². The summed E-state index contributed by atoms with van der Waals surface area (Å²) in [5.74, 6) is -0.575. The van der Waals surface area contributed by atoms with E-state index in [1.807, 2.05) is 79.7 Å². The van der Waals surface area contributed by atoms with Gasteiger partial charge in [-0.1, -0.05) is 66.7 Å². The minimum atomic E-state index is -0.303. The number of hydrogen-bond acceptors (Lipinski definition) is 4. The first-order valence-electron chi connectivity index (χ1n) is 10.2. The first-order valence-corrected chi connectivity index (χ1v) is 10.2. The van der Waals surface area contributed by atoms with Crippen molar-refractivity contribution in [3.8, 4) is 0 Å². The minimum absolute atomic E-state index is 0.273. The molecule has 0 aromatic heterocycles. The lowest BCUT2D eigenvalue weighted by Gasteiger charge is -2.15. The summed E-state index contributed by atoms with van der Waals surface area (Å²) in [4.78, 5) is 27.8. The highest BCUT2D eigenvalue weighted by Gasteiger charge is 2.38. The van der Waals surface area contributed by atoms with E-state index in [2.05, 4.69) is 5.32 Å². The lowest BCUT2D eigenvalue weighted by molar-refractivity contribution is -0.137. The van der Waals surface area contributed by atoms with Gasteiger partial charge < -0.3 is 10.1 Å². The lowest BCUT2D eigenvalue weighted by Crippen LogP contribution is -2.34. The Labute approximate surface area is 176 Å². The van der Waals surface area contributed by atoms with E-state index < -0.39 is 0 Å². The molecule has 0 spiro atoms. The zero-order valence-corrected chi connectivity index (χ0v) is 16.9. The third kappa shape index (κ3) is 3.84. The second-order valence-corrected chi connectivity index (χ2v) is 7.08. The fraction of sp³-hybridized carbons (Fsp3) is 0.200. The van der Waals surface area contributed by atoms with Crippen LogP contribution >= 0.6 is 0 Å². The van der Waals surface area contributed by atoms with Gasteiger partial charge in [0.05, 0.1) is 5.57 Å². The predicted octanol–water partition coefficient (Wildman–Crippen LogP) is 4.46. The van der Waals surface area contributed by atoms with E-state index in [0.717, 1.165) is 22.0 Å². The highest BCUT2D eigenvalue weighted by Crippen LogP contribution is 2.32. The largest absolute Gasteiger partial charge is 0.382 e. The molecule has 0 bridgehead atoms. The fourth-order valence-electron chi connectivity index (χ4n) is 3.71. The number of nitrogens with zero attached hydrogens (tertiary/aromatic N) is 1. The minimum Gasteiger partial charge on any atom is -0.382 e. The smallest absolute Gasteiger partial charge is 0.278 e. The zero-order chi connectivity index (χ0) is 20.9. The van der Waals surface area contributed by atoms with Crippen molar-refractivity contribution in [3.63, 3.8) is 0 Å². The van der Waals surface area contributed by atoms with E-state index in [1.54, 1.807) is 0 Å². The highest BCUT2D eigenvalue weighted by molar-refractivity contribution is 6.36. The summed E-state index contributed by atoms with van der Waals surface area (Å²) >= 11 is 0. The predicted molar refractivity (Wildman–Crippen MR) is 119 cm³/mol. The molecular formula is C25H24N2O3. The summed E-state index contributed by atoms with van der Waals surface area (Å²) in [5.41, 5.74) is 2.25. The molecule has 0 saturated carbocycles. The number of nitrogens with one attached hydrogen (secondary N) is 1. The van der Waals surface area contributed by atoms with Gasteiger partial charge in [0.1, 0.15) is 5.70 Å². The second-order valence-electron chi connectivity index (χ2n) is 7.08. The number of fused-ring (bicyclic) bond motifs is 1. The Morgan fingerprint density at radius 2 is 1.60 bits per heavy atom. The first-order chi connectivity index (χ1) is 14.7. The van der Waals surface area contributed by atoms with Gasteiger partial charge in [-0.05, 0) is 30.4 Å². The highest BCUT2D eigenvalue weighted by atomic mass is 16.5. The van der Waals surface area contributed by atoms with E-state index in [4.69, 9.17) is 4.74 Å². The number of benzene rings is 3. The van der Waals surface area contributed by atoms with Crippen molar-refractivity contribution in [2.45, 2.75) is 13.3 Å². The Morgan fingerprint density at radius 3 is 2.40 bits per heavy atom. The number of amides is 2. The van der Waals surface area contributed by atoms with Gasteiger partial charge in [0.15, 0.2) is 0 Å². The quantitative estimate of drug-likeness (QED) is 0.448. The maximum Gasteiger partial charge on any atom is 0.278 e. The summed E-state index contributed by atoms with van der Waals surface area (Å²) in [5, 5.41) is 5.34. The average Bonchev–Trinajstić information content (AvgIpc) is 3.01. The van der Waals surface area contributed by atoms with E-state index in [1.165, 1.54) is 4.90 Å². The molecular weight excluding hydrogens is 376 g/mol. The Bertz CT molecular complexity index is 1100. The molecule has 0 saturated heterocycles. The van der Waals surface area contributed by atoms with Crippen molar-refractivity contribution in [2.24, 2.45) is 0 Å². The van der Waals surface area contributed by atoms with Gasteiger partial charge in [-0.15, -0.1) is 0 Å². The summed E-state index contributed by atoms with van der Waals surface area (Å²) in [6, 6.07) is 23.2. The summed E-state index contributed by atoms with van der Waals surface area (Å²) < 4.78 is 5.37. The molecule has 1 aliphatic heterocycles. The maximum atomic E-state index is 13.2. The zero-order valence-electron chi connectivity index (χ0n) is 16.9. The van der Waals surface area contributed by atoms with E-state index in [0.29, 0.717) is 37.4 Å². The number of imide groups is 1. The van der Waals surface area contributed by atoms with Crippen LogP contribution in [0.25, 0.3) is 16.3 Å². The van der Waals surface area contributed by atoms with E-state index in [-0.39, 0.29) is 11.8 Å². The molecule has 0 unspecified atom stereocenters. The van der Waals surface area contributed by atoms with Crippen LogP contribution in [0.1, 0.15) is 18.9 Å². The van der Waals surface area contributed by atoms with Crippen molar-refractivity contribution in [2.75, 3.05) is 25.1 Å².